The number of amides is 1. The first-order chi connectivity index (χ1) is 13.7. The van der Waals surface area contributed by atoms with Gasteiger partial charge in [-0.1, -0.05) is 25.5 Å². The van der Waals surface area contributed by atoms with Crippen molar-refractivity contribution in [2.45, 2.75) is 32.7 Å². The highest BCUT2D eigenvalue weighted by atomic mass is 32.2. The second-order valence-electron chi connectivity index (χ2n) is 6.74. The van der Waals surface area contributed by atoms with Crippen LogP contribution in [0.1, 0.15) is 25.8 Å². The molecule has 0 fully saturated rings. The zero-order valence-electron chi connectivity index (χ0n) is 16.9. The van der Waals surface area contributed by atoms with E-state index in [0.29, 0.717) is 5.75 Å². The van der Waals surface area contributed by atoms with Gasteiger partial charge in [0.2, 0.25) is 15.9 Å². The molecule has 1 N–H and O–H groups in total. The van der Waals surface area contributed by atoms with E-state index >= 15 is 0 Å². The van der Waals surface area contributed by atoms with Gasteiger partial charge in [0.15, 0.2) is 0 Å². The first kappa shape index (κ1) is 22.7. The van der Waals surface area contributed by atoms with Crippen molar-refractivity contribution in [3.63, 3.8) is 0 Å². The number of sulfonamides is 1. The summed E-state index contributed by atoms with van der Waals surface area (Å²) in [6.07, 6.45) is 3.09. The Hall–Kier alpha value is -2.61. The molecule has 0 aliphatic carbocycles. The van der Waals surface area contributed by atoms with Crippen LogP contribution >= 0.6 is 0 Å². The van der Waals surface area contributed by atoms with Gasteiger partial charge in [0.1, 0.15) is 24.2 Å². The van der Waals surface area contributed by atoms with E-state index in [1.165, 1.54) is 24.6 Å². The summed E-state index contributed by atoms with van der Waals surface area (Å²) in [5, 5.41) is 2.67. The van der Waals surface area contributed by atoms with Crippen molar-refractivity contribution in [3.05, 3.63) is 59.9 Å². The van der Waals surface area contributed by atoms with E-state index in [4.69, 9.17) is 4.74 Å². The van der Waals surface area contributed by atoms with Crippen molar-refractivity contribution in [3.8, 4) is 5.75 Å². The number of carbonyl (C=O) groups excluding carboxylic acids is 1. The van der Waals surface area contributed by atoms with Gasteiger partial charge in [0.25, 0.3) is 0 Å². The summed E-state index contributed by atoms with van der Waals surface area (Å²) in [4.78, 5) is 12.5. The third-order valence-corrected chi connectivity index (χ3v) is 5.54. The molecule has 0 heterocycles. The average molecular weight is 423 g/mol. The molecule has 2 aromatic rings. The number of halogens is 1. The quantitative estimate of drug-likeness (QED) is 0.597. The molecule has 1 atom stereocenters. The first-order valence-electron chi connectivity index (χ1n) is 9.46. The maximum Gasteiger partial charge on any atom is 0.243 e. The van der Waals surface area contributed by atoms with Crippen LogP contribution in [0, 0.1) is 5.82 Å². The Bertz CT molecular complexity index is 899. The van der Waals surface area contributed by atoms with Gasteiger partial charge in [-0.15, -0.1) is 0 Å². The van der Waals surface area contributed by atoms with Gasteiger partial charge in [-0.25, -0.2) is 12.8 Å². The van der Waals surface area contributed by atoms with E-state index in [1.807, 2.05) is 24.3 Å². The number of anilines is 1. The van der Waals surface area contributed by atoms with Crippen LogP contribution < -0.4 is 14.4 Å². The molecule has 29 heavy (non-hydrogen) atoms. The largest absolute Gasteiger partial charge is 0.492 e. The van der Waals surface area contributed by atoms with Gasteiger partial charge in [-0.3, -0.25) is 9.10 Å². The third kappa shape index (κ3) is 6.74. The van der Waals surface area contributed by atoms with E-state index in [1.54, 1.807) is 0 Å². The smallest absolute Gasteiger partial charge is 0.243 e. The predicted octanol–water partition coefficient (Wildman–Crippen LogP) is 3.13. The van der Waals surface area contributed by atoms with Crippen LogP contribution in [0.3, 0.4) is 0 Å². The maximum atomic E-state index is 13.2. The number of hydrogen-bond acceptors (Lipinski definition) is 4. The Morgan fingerprint density at radius 3 is 2.31 bits per heavy atom. The minimum absolute atomic E-state index is 0.222. The van der Waals surface area contributed by atoms with E-state index in [2.05, 4.69) is 12.2 Å². The van der Waals surface area contributed by atoms with Crippen LogP contribution in [-0.4, -0.2) is 39.8 Å². The molecule has 2 aromatic carbocycles. The van der Waals surface area contributed by atoms with Crippen molar-refractivity contribution in [2.75, 3.05) is 23.7 Å². The number of aryl methyl sites for hydroxylation is 1. The lowest BCUT2D eigenvalue weighted by atomic mass is 10.1. The Morgan fingerprint density at radius 2 is 1.76 bits per heavy atom. The molecule has 158 valence electrons. The number of carbonyl (C=O) groups is 1. The highest BCUT2D eigenvalue weighted by Crippen LogP contribution is 2.21. The van der Waals surface area contributed by atoms with E-state index in [9.17, 15) is 17.6 Å². The Labute approximate surface area is 171 Å². The molecule has 0 spiro atoms. The van der Waals surface area contributed by atoms with E-state index in [-0.39, 0.29) is 18.8 Å². The minimum atomic E-state index is -3.74. The fourth-order valence-electron chi connectivity index (χ4n) is 2.93. The van der Waals surface area contributed by atoms with Gasteiger partial charge < -0.3 is 10.1 Å². The molecule has 0 radical (unpaired) electrons. The lowest BCUT2D eigenvalue weighted by Gasteiger charge is -2.28. The molecule has 0 saturated carbocycles. The molecule has 6 nitrogen and oxygen atoms in total. The molecule has 0 aliphatic rings. The van der Waals surface area contributed by atoms with Gasteiger partial charge >= 0.3 is 0 Å². The third-order valence-electron chi connectivity index (χ3n) is 4.30. The molecule has 0 aliphatic heterocycles. The van der Waals surface area contributed by atoms with E-state index in [0.717, 1.165) is 35.5 Å². The Morgan fingerprint density at radius 1 is 1.14 bits per heavy atom. The number of rotatable bonds is 10. The molecular formula is C21H27FN2O4S. The number of hydrogen-bond donors (Lipinski definition) is 1. The maximum absolute atomic E-state index is 13.2. The van der Waals surface area contributed by atoms with Crippen molar-refractivity contribution in [1.29, 1.82) is 0 Å². The van der Waals surface area contributed by atoms with Crippen molar-refractivity contribution in [2.24, 2.45) is 0 Å². The van der Waals surface area contributed by atoms with Gasteiger partial charge in [0.05, 0.1) is 18.5 Å². The topological polar surface area (TPSA) is 75.7 Å². The molecule has 2 rings (SSSR count). The second-order valence-corrected chi connectivity index (χ2v) is 8.60. The van der Waals surface area contributed by atoms with Crippen LogP contribution in [0.5, 0.6) is 5.75 Å². The Balaban J connectivity index is 1.91. The van der Waals surface area contributed by atoms with Crippen molar-refractivity contribution < 1.29 is 22.3 Å². The number of nitrogens with one attached hydrogen (secondary N) is 1. The predicted molar refractivity (Wildman–Crippen MR) is 112 cm³/mol. The summed E-state index contributed by atoms with van der Waals surface area (Å²) < 4.78 is 44.1. The van der Waals surface area contributed by atoms with Crippen LogP contribution in [0.2, 0.25) is 0 Å². The summed E-state index contributed by atoms with van der Waals surface area (Å²) in [7, 11) is -3.74. The SMILES string of the molecule is CCCc1ccc(OCCNC(=O)[C@@H](C)N(c2ccc(F)cc2)S(C)(=O)=O)cc1. The van der Waals surface area contributed by atoms with Gasteiger partial charge in [-0.05, 0) is 55.3 Å². The molecule has 8 heteroatoms. The average Bonchev–Trinajstić information content (AvgIpc) is 2.67. The zero-order valence-corrected chi connectivity index (χ0v) is 17.7. The fraction of sp³-hybridized carbons (Fsp3) is 0.381. The monoisotopic (exact) mass is 422 g/mol. The summed E-state index contributed by atoms with van der Waals surface area (Å²) in [5.74, 6) is -0.253. The lowest BCUT2D eigenvalue weighted by molar-refractivity contribution is -0.121. The standard InChI is InChI=1S/C21H27FN2O4S/c1-4-5-17-6-12-20(13-7-17)28-15-14-23-21(25)16(2)24(29(3,26)27)19-10-8-18(22)9-11-19/h6-13,16H,4-5,14-15H2,1-3H3,(H,23,25)/t16-/m1/s1. The molecule has 0 bridgehead atoms. The summed E-state index contributed by atoms with van der Waals surface area (Å²) in [6, 6.07) is 11.7. The minimum Gasteiger partial charge on any atom is -0.492 e. The highest BCUT2D eigenvalue weighted by Gasteiger charge is 2.28. The van der Waals surface area contributed by atoms with Crippen LogP contribution in [0.25, 0.3) is 0 Å². The van der Waals surface area contributed by atoms with Gasteiger partial charge in [0, 0.05) is 0 Å². The molecule has 0 aromatic heterocycles. The van der Waals surface area contributed by atoms with Crippen LogP contribution in [-0.2, 0) is 21.2 Å². The Kier molecular flexibility index (Phi) is 8.01. The van der Waals surface area contributed by atoms with Crippen molar-refractivity contribution in [1.82, 2.24) is 5.32 Å². The molecular weight excluding hydrogens is 395 g/mol. The number of ether oxygens (including phenoxy) is 1. The van der Waals surface area contributed by atoms with Crippen molar-refractivity contribution >= 4 is 21.6 Å². The zero-order chi connectivity index (χ0) is 21.4. The summed E-state index contributed by atoms with van der Waals surface area (Å²) in [6.45, 7) is 4.07. The number of benzene rings is 2. The fourth-order valence-corrected chi connectivity index (χ4v) is 4.10. The molecule has 0 saturated heterocycles. The number of nitrogens with zero attached hydrogens (tertiary/aromatic N) is 1. The van der Waals surface area contributed by atoms with Gasteiger partial charge in [-0.2, -0.15) is 0 Å². The van der Waals surface area contributed by atoms with Crippen LogP contribution in [0.15, 0.2) is 48.5 Å². The molecule has 0 unspecified atom stereocenters. The van der Waals surface area contributed by atoms with Crippen LogP contribution in [0.4, 0.5) is 10.1 Å². The first-order valence-corrected chi connectivity index (χ1v) is 11.3. The second kappa shape index (κ2) is 10.2. The molecule has 1 amide bonds. The summed E-state index contributed by atoms with van der Waals surface area (Å²) in [5.41, 5.74) is 1.46. The van der Waals surface area contributed by atoms with E-state index < -0.39 is 27.8 Å². The highest BCUT2D eigenvalue weighted by molar-refractivity contribution is 7.92. The normalized spacial score (nSPS) is 12.3. The summed E-state index contributed by atoms with van der Waals surface area (Å²) >= 11 is 0. The lowest BCUT2D eigenvalue weighted by Crippen LogP contribution is -2.48.